The number of nitrogens with one attached hydrogen (secondary N) is 2. The van der Waals surface area contributed by atoms with Gasteiger partial charge < -0.3 is 10.3 Å². The van der Waals surface area contributed by atoms with Gasteiger partial charge in [0.05, 0.1) is 6.20 Å². The molecule has 0 radical (unpaired) electrons. The largest absolute Gasteiger partial charge is 0.353 e. The lowest BCUT2D eigenvalue weighted by Crippen LogP contribution is -2.21. The predicted molar refractivity (Wildman–Crippen MR) is 83.1 cm³/mol. The van der Waals surface area contributed by atoms with Gasteiger partial charge in [0.15, 0.2) is 0 Å². The number of aromatic amines is 1. The number of aromatic nitrogens is 3. The van der Waals surface area contributed by atoms with E-state index in [4.69, 9.17) is 0 Å². The average Bonchev–Trinajstić information content (AvgIpc) is 2.85. The molecule has 0 bridgehead atoms. The Hall–Kier alpha value is -2.37. The first kappa shape index (κ1) is 15.0. The molecule has 2 rings (SSSR count). The quantitative estimate of drug-likeness (QED) is 0.824. The van der Waals surface area contributed by atoms with Gasteiger partial charge in [-0.15, -0.1) is 0 Å². The van der Waals surface area contributed by atoms with Gasteiger partial charge in [-0.25, -0.2) is 4.68 Å². The predicted octanol–water partition coefficient (Wildman–Crippen LogP) is 1.84. The minimum Gasteiger partial charge on any atom is -0.353 e. The van der Waals surface area contributed by atoms with Crippen LogP contribution in [0.1, 0.15) is 38.8 Å². The Balaban J connectivity index is 2.30. The first-order chi connectivity index (χ1) is 10.0. The Labute approximate surface area is 122 Å². The summed E-state index contributed by atoms with van der Waals surface area (Å²) < 4.78 is 1.76. The Morgan fingerprint density at radius 1 is 1.52 bits per heavy atom. The molecular formula is C15H20N4O2. The van der Waals surface area contributed by atoms with Crippen LogP contribution in [0.5, 0.6) is 0 Å². The third kappa shape index (κ3) is 3.39. The fourth-order valence-electron chi connectivity index (χ4n) is 2.01. The molecule has 112 valence electrons. The van der Waals surface area contributed by atoms with Crippen LogP contribution in [0, 0.1) is 0 Å². The summed E-state index contributed by atoms with van der Waals surface area (Å²) in [7, 11) is 0. The van der Waals surface area contributed by atoms with Crippen LogP contribution in [0.25, 0.3) is 17.1 Å². The standard InChI is InChI=1S/C15H20N4O2/c1-4-7-16-13(20)6-5-11-8-12-9-17-19(10(2)3)14(12)18-15(11)21/h5-6,8-10H,4,7H2,1-3H3,(H,16,20)(H,18,21)/b6-5+. The number of rotatable bonds is 5. The van der Waals surface area contributed by atoms with Crippen LogP contribution in [0.3, 0.4) is 0 Å². The van der Waals surface area contributed by atoms with Gasteiger partial charge in [-0.3, -0.25) is 9.59 Å². The van der Waals surface area contributed by atoms with E-state index in [1.54, 1.807) is 16.9 Å². The number of nitrogens with zero attached hydrogens (tertiary/aromatic N) is 2. The maximum atomic E-state index is 12.1. The highest BCUT2D eigenvalue weighted by molar-refractivity contribution is 5.92. The number of carbonyl (C=O) groups excluding carboxylic acids is 1. The highest BCUT2D eigenvalue weighted by Gasteiger charge is 2.08. The summed E-state index contributed by atoms with van der Waals surface area (Å²) in [5.74, 6) is -0.200. The molecule has 0 spiro atoms. The van der Waals surface area contributed by atoms with Crippen LogP contribution < -0.4 is 10.9 Å². The fraction of sp³-hybridized carbons (Fsp3) is 0.400. The molecule has 0 atom stereocenters. The summed E-state index contributed by atoms with van der Waals surface area (Å²) >= 11 is 0. The van der Waals surface area contributed by atoms with E-state index >= 15 is 0 Å². The SMILES string of the molecule is CCCNC(=O)/C=C/c1cc2cnn(C(C)C)c2[nH]c1=O. The Morgan fingerprint density at radius 3 is 2.95 bits per heavy atom. The van der Waals surface area contributed by atoms with Crippen LogP contribution in [-0.4, -0.2) is 27.2 Å². The Kier molecular flexibility index (Phi) is 4.57. The number of pyridine rings is 1. The number of hydrogen-bond acceptors (Lipinski definition) is 3. The molecule has 0 aromatic carbocycles. The van der Waals surface area contributed by atoms with Gasteiger partial charge >= 0.3 is 0 Å². The molecule has 6 nitrogen and oxygen atoms in total. The lowest BCUT2D eigenvalue weighted by atomic mass is 10.2. The zero-order valence-electron chi connectivity index (χ0n) is 12.5. The first-order valence-electron chi connectivity index (χ1n) is 7.09. The summed E-state index contributed by atoms with van der Waals surface area (Å²) in [5.41, 5.74) is 0.907. The zero-order valence-corrected chi connectivity index (χ0v) is 12.5. The molecule has 1 amide bonds. The van der Waals surface area contributed by atoms with E-state index in [1.165, 1.54) is 12.2 Å². The zero-order chi connectivity index (χ0) is 15.4. The maximum Gasteiger partial charge on any atom is 0.256 e. The highest BCUT2D eigenvalue weighted by Crippen LogP contribution is 2.15. The lowest BCUT2D eigenvalue weighted by Gasteiger charge is -2.06. The van der Waals surface area contributed by atoms with Gasteiger partial charge in [0, 0.05) is 29.6 Å². The summed E-state index contributed by atoms with van der Waals surface area (Å²) in [5, 5.41) is 7.82. The molecule has 0 saturated heterocycles. The second-order valence-electron chi connectivity index (χ2n) is 5.16. The van der Waals surface area contributed by atoms with Gasteiger partial charge in [0.1, 0.15) is 5.65 Å². The Bertz CT molecular complexity index is 725. The van der Waals surface area contributed by atoms with Crippen molar-refractivity contribution in [2.24, 2.45) is 0 Å². The molecule has 6 heteroatoms. The number of H-pyrrole nitrogens is 1. The van der Waals surface area contributed by atoms with Crippen molar-refractivity contribution < 1.29 is 4.79 Å². The first-order valence-corrected chi connectivity index (χ1v) is 7.09. The monoisotopic (exact) mass is 288 g/mol. The summed E-state index contributed by atoms with van der Waals surface area (Å²) in [6.45, 7) is 6.60. The van der Waals surface area contributed by atoms with Gasteiger partial charge in [-0.05, 0) is 32.4 Å². The van der Waals surface area contributed by atoms with Crippen molar-refractivity contribution in [1.82, 2.24) is 20.1 Å². The van der Waals surface area contributed by atoms with Crippen molar-refractivity contribution in [2.75, 3.05) is 6.54 Å². The summed E-state index contributed by atoms with van der Waals surface area (Å²) in [6.07, 6.45) is 5.48. The molecular weight excluding hydrogens is 268 g/mol. The van der Waals surface area contributed by atoms with Gasteiger partial charge in [-0.2, -0.15) is 5.10 Å². The fourth-order valence-corrected chi connectivity index (χ4v) is 2.01. The van der Waals surface area contributed by atoms with Crippen molar-refractivity contribution in [1.29, 1.82) is 0 Å². The molecule has 2 heterocycles. The van der Waals surface area contributed by atoms with E-state index in [2.05, 4.69) is 15.4 Å². The van der Waals surface area contributed by atoms with E-state index in [9.17, 15) is 9.59 Å². The maximum absolute atomic E-state index is 12.1. The molecule has 0 saturated carbocycles. The van der Waals surface area contributed by atoms with Crippen molar-refractivity contribution in [3.63, 3.8) is 0 Å². The number of amides is 1. The molecule has 0 fully saturated rings. The lowest BCUT2D eigenvalue weighted by molar-refractivity contribution is -0.116. The molecule has 0 aliphatic rings. The molecule has 0 aliphatic heterocycles. The normalized spacial score (nSPS) is 11.6. The minimum absolute atomic E-state index is 0.166. The topological polar surface area (TPSA) is 79.8 Å². The third-order valence-electron chi connectivity index (χ3n) is 3.08. The molecule has 0 aliphatic carbocycles. The van der Waals surface area contributed by atoms with E-state index in [0.29, 0.717) is 17.8 Å². The van der Waals surface area contributed by atoms with Gasteiger partial charge in [0.25, 0.3) is 5.56 Å². The molecule has 2 N–H and O–H groups in total. The second-order valence-corrected chi connectivity index (χ2v) is 5.16. The van der Waals surface area contributed by atoms with Crippen molar-refractivity contribution >= 4 is 23.0 Å². The van der Waals surface area contributed by atoms with Crippen molar-refractivity contribution in [2.45, 2.75) is 33.2 Å². The van der Waals surface area contributed by atoms with E-state index in [1.807, 2.05) is 20.8 Å². The molecule has 0 unspecified atom stereocenters. The van der Waals surface area contributed by atoms with Crippen LogP contribution in [0.2, 0.25) is 0 Å². The summed E-state index contributed by atoms with van der Waals surface area (Å²) in [6, 6.07) is 1.91. The van der Waals surface area contributed by atoms with E-state index in [-0.39, 0.29) is 17.5 Å². The average molecular weight is 288 g/mol. The van der Waals surface area contributed by atoms with Crippen LogP contribution in [0.4, 0.5) is 0 Å². The van der Waals surface area contributed by atoms with Crippen molar-refractivity contribution in [3.8, 4) is 0 Å². The van der Waals surface area contributed by atoms with Crippen LogP contribution in [0.15, 0.2) is 23.1 Å². The van der Waals surface area contributed by atoms with Crippen LogP contribution in [-0.2, 0) is 4.79 Å². The molecule has 2 aromatic rings. The second kappa shape index (κ2) is 6.39. The molecule has 2 aromatic heterocycles. The Morgan fingerprint density at radius 2 is 2.29 bits per heavy atom. The minimum atomic E-state index is -0.232. The highest BCUT2D eigenvalue weighted by atomic mass is 16.1. The number of hydrogen-bond donors (Lipinski definition) is 2. The number of fused-ring (bicyclic) bond motifs is 1. The van der Waals surface area contributed by atoms with Crippen molar-refractivity contribution in [3.05, 3.63) is 34.3 Å². The van der Waals surface area contributed by atoms with Gasteiger partial charge in [0.2, 0.25) is 5.91 Å². The van der Waals surface area contributed by atoms with Crippen LogP contribution >= 0.6 is 0 Å². The molecule has 21 heavy (non-hydrogen) atoms. The third-order valence-corrected chi connectivity index (χ3v) is 3.08. The van der Waals surface area contributed by atoms with E-state index in [0.717, 1.165) is 11.8 Å². The van der Waals surface area contributed by atoms with E-state index < -0.39 is 0 Å². The number of carbonyl (C=O) groups is 1. The summed E-state index contributed by atoms with van der Waals surface area (Å²) in [4.78, 5) is 26.4. The smallest absolute Gasteiger partial charge is 0.256 e. The van der Waals surface area contributed by atoms with Gasteiger partial charge in [-0.1, -0.05) is 6.92 Å².